The van der Waals surface area contributed by atoms with E-state index in [0.29, 0.717) is 33.4 Å². The molecule has 4 aromatic rings. The van der Waals surface area contributed by atoms with Crippen molar-refractivity contribution in [1.82, 2.24) is 0 Å². The fourth-order valence-electron chi connectivity index (χ4n) is 3.81. The average Bonchev–Trinajstić information content (AvgIpc) is 3.14. The second kappa shape index (κ2) is 6.74. The summed E-state index contributed by atoms with van der Waals surface area (Å²) in [5.41, 5.74) is 2.96. The van der Waals surface area contributed by atoms with Gasteiger partial charge in [0.15, 0.2) is 5.69 Å². The lowest BCUT2D eigenvalue weighted by Gasteiger charge is -2.14. The normalized spacial score (nSPS) is 18.5. The van der Waals surface area contributed by atoms with E-state index in [9.17, 15) is 0 Å². The monoisotopic (exact) mass is 391 g/mol. The van der Waals surface area contributed by atoms with Crippen LogP contribution in [0.1, 0.15) is 58.6 Å². The number of pyridine rings is 1. The molecule has 0 aliphatic heterocycles. The molecule has 1 atom stereocenters. The lowest BCUT2D eigenvalue weighted by Crippen LogP contribution is -2.36. The Morgan fingerprint density at radius 2 is 1.83 bits per heavy atom. The summed E-state index contributed by atoms with van der Waals surface area (Å²) in [5.74, 6) is -2.37. The molecule has 3 heteroatoms. The van der Waals surface area contributed by atoms with Gasteiger partial charge in [-0.05, 0) is 43.3 Å². The van der Waals surface area contributed by atoms with Crippen molar-refractivity contribution in [3.05, 3.63) is 69.7 Å². The number of furan rings is 1. The number of fused-ring (bicyclic) bond motifs is 3. The van der Waals surface area contributed by atoms with Crippen LogP contribution in [0.25, 0.3) is 38.0 Å². The first-order chi connectivity index (χ1) is 16.9. The lowest BCUT2D eigenvalue weighted by atomic mass is 9.93. The maximum Gasteiger partial charge on any atom is 0.232 e. The van der Waals surface area contributed by atoms with Crippen molar-refractivity contribution in [1.29, 1.82) is 0 Å². The van der Waals surface area contributed by atoms with E-state index >= 15 is 0 Å². The number of benzene rings is 2. The highest BCUT2D eigenvalue weighted by atomic mass is 16.3. The van der Waals surface area contributed by atoms with Gasteiger partial charge in [0.2, 0.25) is 11.4 Å². The van der Waals surface area contributed by atoms with Crippen LogP contribution < -0.4 is 4.57 Å². The van der Waals surface area contributed by atoms with Crippen LogP contribution in [-0.4, -0.2) is 0 Å². The number of nitrogens with zero attached hydrogens (tertiary/aromatic N) is 2. The summed E-state index contributed by atoms with van der Waals surface area (Å²) in [7, 11) is 1.62. The summed E-state index contributed by atoms with van der Waals surface area (Å²) in [5, 5.41) is 1.44. The summed E-state index contributed by atoms with van der Waals surface area (Å²) in [6.45, 7) is 8.32. The number of aromatic nitrogens is 1. The van der Waals surface area contributed by atoms with Gasteiger partial charge >= 0.3 is 0 Å². The van der Waals surface area contributed by atoms with Crippen molar-refractivity contribution in [2.45, 2.75) is 47.3 Å². The summed E-state index contributed by atoms with van der Waals surface area (Å²) < 4.78 is 74.2. The minimum absolute atomic E-state index is 0.230. The minimum Gasteiger partial charge on any atom is -0.466 e. The molecular weight excluding hydrogens is 356 g/mol. The summed E-state index contributed by atoms with van der Waals surface area (Å²) in [4.78, 5) is 3.64. The Balaban J connectivity index is 2.26. The molecule has 0 bridgehead atoms. The minimum atomic E-state index is -2.89. The van der Waals surface area contributed by atoms with E-state index < -0.39 is 19.6 Å². The van der Waals surface area contributed by atoms with Crippen LogP contribution in [0.4, 0.5) is 5.69 Å². The molecule has 0 aliphatic rings. The second-order valence-electron chi connectivity index (χ2n) is 7.45. The molecule has 0 spiro atoms. The molecule has 3 nitrogen and oxygen atoms in total. The first-order valence-electron chi connectivity index (χ1n) is 13.3. The Kier molecular flexibility index (Phi) is 2.74. The van der Waals surface area contributed by atoms with Gasteiger partial charge in [-0.25, -0.2) is 4.85 Å². The Morgan fingerprint density at radius 3 is 2.48 bits per heavy atom. The average molecular weight is 392 g/mol. The van der Waals surface area contributed by atoms with Crippen LogP contribution in [0.15, 0.2) is 34.7 Å². The van der Waals surface area contributed by atoms with Crippen molar-refractivity contribution in [2.75, 3.05) is 0 Å². The van der Waals surface area contributed by atoms with E-state index in [1.807, 2.05) is 38.1 Å². The molecule has 4 rings (SSSR count). The number of hydrogen-bond acceptors (Lipinski definition) is 1. The molecule has 0 saturated carbocycles. The maximum absolute atomic E-state index is 9.17. The van der Waals surface area contributed by atoms with Crippen LogP contribution in [0.5, 0.6) is 0 Å². The Morgan fingerprint density at radius 1 is 1.14 bits per heavy atom. The molecule has 0 saturated heterocycles. The fraction of sp³-hybridized carbons (Fsp3) is 0.308. The molecule has 0 amide bonds. The molecule has 29 heavy (non-hydrogen) atoms. The lowest BCUT2D eigenvalue weighted by molar-refractivity contribution is -0.667. The zero-order chi connectivity index (χ0) is 27.8. The summed E-state index contributed by atoms with van der Waals surface area (Å²) in [6.07, 6.45) is 0. The van der Waals surface area contributed by atoms with Gasteiger partial charge < -0.3 is 4.42 Å². The van der Waals surface area contributed by atoms with Crippen molar-refractivity contribution in [3.63, 3.8) is 0 Å². The zero-order valence-electron chi connectivity index (χ0n) is 25.1. The molecule has 0 radical (unpaired) electrons. The summed E-state index contributed by atoms with van der Waals surface area (Å²) >= 11 is 0. The molecule has 0 aliphatic carbocycles. The third-order valence-corrected chi connectivity index (χ3v) is 5.61. The molecule has 2 aromatic heterocycles. The number of rotatable bonds is 2. The predicted octanol–water partition coefficient (Wildman–Crippen LogP) is 6.99. The van der Waals surface area contributed by atoms with E-state index in [2.05, 4.69) is 4.85 Å². The second-order valence-corrected chi connectivity index (χ2v) is 7.45. The van der Waals surface area contributed by atoms with Crippen molar-refractivity contribution in [2.24, 2.45) is 7.05 Å². The van der Waals surface area contributed by atoms with E-state index in [0.717, 1.165) is 17.9 Å². The van der Waals surface area contributed by atoms with Gasteiger partial charge in [0.05, 0.1) is 13.5 Å². The van der Waals surface area contributed by atoms with Gasteiger partial charge in [-0.15, -0.1) is 0 Å². The number of hydrogen-bond donors (Lipinski definition) is 0. The Labute approximate surface area is 183 Å². The Bertz CT molecular complexity index is 1640. The third-order valence-electron chi connectivity index (χ3n) is 5.61. The van der Waals surface area contributed by atoms with Crippen LogP contribution in [-0.2, 0) is 7.05 Å². The molecule has 0 N–H and O–H groups in total. The molecule has 0 fully saturated rings. The van der Waals surface area contributed by atoms with Crippen molar-refractivity contribution < 1.29 is 20.0 Å². The van der Waals surface area contributed by atoms with Gasteiger partial charge in [-0.2, -0.15) is 4.57 Å². The Hall–Kier alpha value is -3.12. The van der Waals surface area contributed by atoms with Gasteiger partial charge in [-0.1, -0.05) is 38.0 Å². The molecule has 1 unspecified atom stereocenters. The van der Waals surface area contributed by atoms with E-state index in [1.165, 1.54) is 0 Å². The topological polar surface area (TPSA) is 21.4 Å². The first kappa shape index (κ1) is 11.8. The van der Waals surface area contributed by atoms with Gasteiger partial charge in [0.25, 0.3) is 0 Å². The van der Waals surface area contributed by atoms with Crippen LogP contribution in [0.3, 0.4) is 0 Å². The fourth-order valence-corrected chi connectivity index (χ4v) is 3.81. The SMILES string of the molecule is [2H]c1c(C([2H])(C)C([2H])([2H])[2H])c(C([2H])([2H])[2H])c(C)[n+](C)c1-c1c(C)ccc2c1oc1c([N+]#[C-])c(C)ccc12. The van der Waals surface area contributed by atoms with Crippen LogP contribution >= 0.6 is 0 Å². The summed E-state index contributed by atoms with van der Waals surface area (Å²) in [6, 6.07) is 7.07. The van der Waals surface area contributed by atoms with Gasteiger partial charge in [-0.3, -0.25) is 0 Å². The van der Waals surface area contributed by atoms with E-state index in [-0.39, 0.29) is 28.6 Å². The highest BCUT2D eigenvalue weighted by Crippen LogP contribution is 2.41. The first-order valence-corrected chi connectivity index (χ1v) is 9.32. The van der Waals surface area contributed by atoms with Crippen molar-refractivity contribution >= 4 is 27.6 Å². The molecular formula is C26H27N2O+. The zero-order valence-corrected chi connectivity index (χ0v) is 17.1. The van der Waals surface area contributed by atoms with Crippen molar-refractivity contribution in [3.8, 4) is 11.3 Å². The highest BCUT2D eigenvalue weighted by molar-refractivity contribution is 6.13. The van der Waals surface area contributed by atoms with E-state index in [1.54, 1.807) is 18.5 Å². The largest absolute Gasteiger partial charge is 0.466 e. The standard InChI is InChI=1S/C26H27N2O/c1-14(2)21-13-22(28(8)18(6)17(21)5)23-15(3)9-11-19-20-12-10-16(4)24(27-7)26(20)29-25(19)23/h9-14H,1-6,8H3/q+1/i1D3,5D3,13D,14D. The van der Waals surface area contributed by atoms with E-state index in [4.69, 9.17) is 22.0 Å². The van der Waals surface area contributed by atoms with Gasteiger partial charge in [0, 0.05) is 38.9 Å². The van der Waals surface area contributed by atoms with Crippen LogP contribution in [0, 0.1) is 34.2 Å². The number of aryl methyl sites for hydroxylation is 2. The smallest absolute Gasteiger partial charge is 0.232 e. The molecule has 146 valence electrons. The quantitative estimate of drug-likeness (QED) is 0.267. The molecule has 2 heterocycles. The van der Waals surface area contributed by atoms with Gasteiger partial charge in [0.1, 0.15) is 18.2 Å². The third kappa shape index (κ3) is 2.75. The highest BCUT2D eigenvalue weighted by Gasteiger charge is 2.25. The predicted molar refractivity (Wildman–Crippen MR) is 120 cm³/mol. The molecule has 2 aromatic carbocycles. The maximum atomic E-state index is 9.17. The van der Waals surface area contributed by atoms with Crippen LogP contribution in [0.2, 0.25) is 0 Å².